The number of anilines is 2. The minimum atomic E-state index is -0.188. The van der Waals surface area contributed by atoms with Gasteiger partial charge in [0.05, 0.1) is 7.11 Å². The Bertz CT molecular complexity index is 507. The molecule has 116 valence electrons. The maximum absolute atomic E-state index is 12.1. The Morgan fingerprint density at radius 1 is 1.48 bits per heavy atom. The fourth-order valence-corrected chi connectivity index (χ4v) is 3.66. The molecule has 0 atom stereocenters. The van der Waals surface area contributed by atoms with Crippen LogP contribution in [0.25, 0.3) is 0 Å². The molecule has 1 aromatic heterocycles. The van der Waals surface area contributed by atoms with Crippen molar-refractivity contribution in [2.75, 3.05) is 24.7 Å². The molecule has 0 bridgehead atoms. The van der Waals surface area contributed by atoms with Crippen molar-refractivity contribution in [2.45, 2.75) is 38.1 Å². The molecule has 1 aliphatic rings. The molecule has 1 aromatic rings. The molecule has 0 unspecified atom stereocenters. The highest BCUT2D eigenvalue weighted by molar-refractivity contribution is 7.19. The molecule has 2 rings (SSSR count). The molecule has 0 spiro atoms. The van der Waals surface area contributed by atoms with Gasteiger partial charge < -0.3 is 21.1 Å². The number of hydrogen-bond donors (Lipinski definition) is 3. The van der Waals surface area contributed by atoms with E-state index >= 15 is 0 Å². The Kier molecular flexibility index (Phi) is 5.50. The molecule has 0 saturated heterocycles. The number of ether oxygens (including phenoxy) is 1. The molecule has 5 nitrogen and oxygen atoms in total. The van der Waals surface area contributed by atoms with Crippen LogP contribution in [0.3, 0.4) is 0 Å². The summed E-state index contributed by atoms with van der Waals surface area (Å²) in [7, 11) is 1.58. The smallest absolute Gasteiger partial charge is 0.263 e. The van der Waals surface area contributed by atoms with Gasteiger partial charge in [0.2, 0.25) is 0 Å². The van der Waals surface area contributed by atoms with E-state index in [2.05, 4.69) is 17.2 Å². The number of rotatable bonds is 6. The second-order valence-corrected chi connectivity index (χ2v) is 6.21. The van der Waals surface area contributed by atoms with Crippen molar-refractivity contribution in [3.8, 4) is 5.75 Å². The molecule has 1 aliphatic carbocycles. The van der Waals surface area contributed by atoms with Gasteiger partial charge in [-0.25, -0.2) is 0 Å². The molecule has 6 heteroatoms. The van der Waals surface area contributed by atoms with E-state index in [-0.39, 0.29) is 5.91 Å². The van der Waals surface area contributed by atoms with Gasteiger partial charge in [0.1, 0.15) is 15.6 Å². The third kappa shape index (κ3) is 3.69. The number of carbonyl (C=O) groups is 1. The summed E-state index contributed by atoms with van der Waals surface area (Å²) in [6, 6.07) is 0.440. The van der Waals surface area contributed by atoms with Crippen molar-refractivity contribution in [3.63, 3.8) is 0 Å². The summed E-state index contributed by atoms with van der Waals surface area (Å²) in [5.74, 6) is 0.390. The van der Waals surface area contributed by atoms with Crippen LogP contribution in [-0.2, 0) is 0 Å². The zero-order valence-corrected chi connectivity index (χ0v) is 13.2. The van der Waals surface area contributed by atoms with E-state index in [1.165, 1.54) is 30.6 Å². The first-order chi connectivity index (χ1) is 10.2. The maximum Gasteiger partial charge on any atom is 0.263 e. The second kappa shape index (κ2) is 7.36. The summed E-state index contributed by atoms with van der Waals surface area (Å²) in [5.41, 5.74) is 6.46. The Balaban J connectivity index is 2.16. The third-order valence-corrected chi connectivity index (χ3v) is 4.77. The number of hydrogen-bond acceptors (Lipinski definition) is 5. The summed E-state index contributed by atoms with van der Waals surface area (Å²) in [5, 5.41) is 7.09. The minimum Gasteiger partial charge on any atom is -0.492 e. The predicted octanol–water partition coefficient (Wildman–Crippen LogP) is 3.00. The Morgan fingerprint density at radius 3 is 2.81 bits per heavy atom. The van der Waals surface area contributed by atoms with Crippen LogP contribution in [0.4, 0.5) is 10.7 Å². The van der Waals surface area contributed by atoms with Crippen molar-refractivity contribution < 1.29 is 9.53 Å². The summed E-state index contributed by atoms with van der Waals surface area (Å²) < 4.78 is 5.38. The molecule has 1 amide bonds. The first-order valence-corrected chi connectivity index (χ1v) is 8.11. The number of methoxy groups -OCH3 is 1. The van der Waals surface area contributed by atoms with Crippen LogP contribution in [0.1, 0.15) is 41.8 Å². The van der Waals surface area contributed by atoms with E-state index in [0.717, 1.165) is 17.8 Å². The first kappa shape index (κ1) is 15.7. The average Bonchev–Trinajstić information content (AvgIpc) is 2.81. The number of amides is 1. The monoisotopic (exact) mass is 309 g/mol. The van der Waals surface area contributed by atoms with Gasteiger partial charge in [-0.2, -0.15) is 0 Å². The number of thiophene rings is 1. The molecule has 0 aliphatic heterocycles. The number of nitrogens with two attached hydrogens (primary N) is 1. The topological polar surface area (TPSA) is 76.4 Å². The van der Waals surface area contributed by atoms with Crippen molar-refractivity contribution >= 4 is 27.9 Å². The molecule has 1 fully saturated rings. The Labute approximate surface area is 129 Å². The lowest BCUT2D eigenvalue weighted by Gasteiger charge is -2.23. The zero-order chi connectivity index (χ0) is 15.2. The minimum absolute atomic E-state index is 0.188. The Hall–Kier alpha value is -1.69. The number of nitrogen functional groups attached to an aromatic ring is 1. The van der Waals surface area contributed by atoms with Gasteiger partial charge in [0.15, 0.2) is 5.75 Å². The third-order valence-electron chi connectivity index (χ3n) is 3.66. The lowest BCUT2D eigenvalue weighted by Crippen LogP contribution is -2.23. The van der Waals surface area contributed by atoms with Crippen LogP contribution in [0.5, 0.6) is 5.75 Å². The average molecular weight is 309 g/mol. The van der Waals surface area contributed by atoms with Gasteiger partial charge in [-0.15, -0.1) is 17.9 Å². The number of nitrogens with one attached hydrogen (secondary N) is 2. The van der Waals surface area contributed by atoms with E-state index < -0.39 is 0 Å². The highest BCUT2D eigenvalue weighted by Crippen LogP contribution is 2.43. The number of carbonyl (C=O) groups excluding carboxylic acids is 1. The molecule has 0 aromatic carbocycles. The SMILES string of the molecule is C=CCNC(=O)c1sc(NC2CCCCC2)c(OC)c1N. The second-order valence-electron chi connectivity index (χ2n) is 5.19. The van der Waals surface area contributed by atoms with Crippen LogP contribution in [0.2, 0.25) is 0 Å². The molecular weight excluding hydrogens is 286 g/mol. The summed E-state index contributed by atoms with van der Waals surface area (Å²) in [4.78, 5) is 12.6. The first-order valence-electron chi connectivity index (χ1n) is 7.29. The Morgan fingerprint density at radius 2 is 2.19 bits per heavy atom. The summed E-state index contributed by atoms with van der Waals surface area (Å²) in [6.07, 6.45) is 7.73. The van der Waals surface area contributed by atoms with Gasteiger partial charge in [-0.05, 0) is 12.8 Å². The maximum atomic E-state index is 12.1. The lowest BCUT2D eigenvalue weighted by atomic mass is 9.96. The summed E-state index contributed by atoms with van der Waals surface area (Å²) >= 11 is 1.36. The van der Waals surface area contributed by atoms with Crippen molar-refractivity contribution in [1.82, 2.24) is 5.32 Å². The van der Waals surface area contributed by atoms with Crippen LogP contribution in [0.15, 0.2) is 12.7 Å². The van der Waals surface area contributed by atoms with Crippen LogP contribution in [0, 0.1) is 0 Å². The molecule has 4 N–H and O–H groups in total. The predicted molar refractivity (Wildman–Crippen MR) is 88.3 cm³/mol. The fourth-order valence-electron chi connectivity index (χ4n) is 2.57. The molecule has 0 radical (unpaired) electrons. The van der Waals surface area contributed by atoms with Crippen LogP contribution in [-0.4, -0.2) is 25.6 Å². The van der Waals surface area contributed by atoms with Gasteiger partial charge in [-0.3, -0.25) is 4.79 Å². The zero-order valence-electron chi connectivity index (χ0n) is 12.4. The van der Waals surface area contributed by atoms with Crippen molar-refractivity contribution in [3.05, 3.63) is 17.5 Å². The van der Waals surface area contributed by atoms with Crippen molar-refractivity contribution in [1.29, 1.82) is 0 Å². The fraction of sp³-hybridized carbons (Fsp3) is 0.533. The highest BCUT2D eigenvalue weighted by Gasteiger charge is 2.23. The lowest BCUT2D eigenvalue weighted by molar-refractivity contribution is 0.0962. The van der Waals surface area contributed by atoms with Gasteiger partial charge >= 0.3 is 0 Å². The van der Waals surface area contributed by atoms with Gasteiger partial charge in [0.25, 0.3) is 5.91 Å². The largest absolute Gasteiger partial charge is 0.492 e. The molecule has 1 saturated carbocycles. The normalized spacial score (nSPS) is 15.5. The van der Waals surface area contributed by atoms with E-state index in [9.17, 15) is 4.79 Å². The molecular formula is C15H23N3O2S. The van der Waals surface area contributed by atoms with Gasteiger partial charge in [-0.1, -0.05) is 25.3 Å². The van der Waals surface area contributed by atoms with E-state index in [0.29, 0.717) is 28.9 Å². The highest BCUT2D eigenvalue weighted by atomic mass is 32.1. The van der Waals surface area contributed by atoms with E-state index in [1.807, 2.05) is 0 Å². The van der Waals surface area contributed by atoms with Crippen LogP contribution < -0.4 is 21.1 Å². The molecule has 21 heavy (non-hydrogen) atoms. The summed E-state index contributed by atoms with van der Waals surface area (Å²) in [6.45, 7) is 4.01. The van der Waals surface area contributed by atoms with E-state index in [4.69, 9.17) is 10.5 Å². The quantitative estimate of drug-likeness (QED) is 0.706. The standard InChI is InChI=1S/C15H23N3O2S/c1-3-9-17-14(19)13-11(16)12(20-2)15(21-13)18-10-7-5-4-6-8-10/h3,10,18H,1,4-9,16H2,2H3,(H,17,19). The van der Waals surface area contributed by atoms with Crippen molar-refractivity contribution in [2.24, 2.45) is 0 Å². The van der Waals surface area contributed by atoms with E-state index in [1.54, 1.807) is 13.2 Å². The molecule has 1 heterocycles. The van der Waals surface area contributed by atoms with Gasteiger partial charge in [0, 0.05) is 12.6 Å². The van der Waals surface area contributed by atoms with Crippen LogP contribution >= 0.6 is 11.3 Å².